The summed E-state index contributed by atoms with van der Waals surface area (Å²) >= 11 is 1.74. The number of amides is 1. The number of ether oxygens (including phenoxy) is 16. The molecule has 14 unspecified atom stereocenters. The molecule has 114 heavy (non-hydrogen) atoms. The van der Waals surface area contributed by atoms with E-state index in [1.807, 2.05) is 18.2 Å². The highest BCUT2D eigenvalue weighted by Gasteiger charge is 2.60. The van der Waals surface area contributed by atoms with Crippen molar-refractivity contribution in [1.29, 1.82) is 0 Å². The van der Waals surface area contributed by atoms with Crippen LogP contribution in [0.3, 0.4) is 0 Å². The molecule has 0 aliphatic carbocycles. The first-order chi connectivity index (χ1) is 54.4. The van der Waals surface area contributed by atoms with Gasteiger partial charge in [-0.2, -0.15) is 23.5 Å². The summed E-state index contributed by atoms with van der Waals surface area (Å²) in [4.78, 5) is 53.1. The van der Waals surface area contributed by atoms with E-state index in [4.69, 9.17) is 87.3 Å². The van der Waals surface area contributed by atoms with Gasteiger partial charge in [-0.3, -0.25) is 19.2 Å². The van der Waals surface area contributed by atoms with Crippen molar-refractivity contribution in [3.63, 3.8) is 0 Å². The molecule has 44 nitrogen and oxygen atoms in total. The van der Waals surface area contributed by atoms with Crippen molar-refractivity contribution in [1.82, 2.24) is 10.3 Å². The van der Waals surface area contributed by atoms with Crippen LogP contribution in [0, 0.1) is 5.92 Å². The lowest BCUT2D eigenvalue weighted by Crippen LogP contribution is -2.68. The summed E-state index contributed by atoms with van der Waals surface area (Å²) in [6.45, 7) is -3.13. The number of carbonyl (C=O) groups is 4. The Hall–Kier alpha value is -2.65. The maximum absolute atomic E-state index is 13.0. The summed E-state index contributed by atoms with van der Waals surface area (Å²) in [6.07, 6.45) is -70.9. The van der Waals surface area contributed by atoms with E-state index in [1.54, 1.807) is 27.8 Å². The largest absolute Gasteiger partial charge is 0.481 e. The first kappa shape index (κ1) is 96.8. The monoisotopic (exact) mass is 1720 g/mol. The maximum Gasteiger partial charge on any atom is 0.307 e. The first-order valence-electron chi connectivity index (χ1n) is 36.6. The van der Waals surface area contributed by atoms with Crippen molar-refractivity contribution in [3.05, 3.63) is 24.4 Å². The van der Waals surface area contributed by atoms with Crippen molar-refractivity contribution in [2.24, 2.45) is 17.4 Å². The predicted molar refractivity (Wildman–Crippen MR) is 385 cm³/mol. The van der Waals surface area contributed by atoms with Crippen LogP contribution >= 0.6 is 45.1 Å². The maximum atomic E-state index is 13.0. The van der Waals surface area contributed by atoms with Crippen LogP contribution in [0.25, 0.3) is 0 Å². The van der Waals surface area contributed by atoms with E-state index in [-0.39, 0.29) is 62.3 Å². The van der Waals surface area contributed by atoms with Crippen LogP contribution in [0.5, 0.6) is 0 Å². The van der Waals surface area contributed by atoms with Crippen LogP contribution < -0.4 is 16.8 Å². The summed E-state index contributed by atoms with van der Waals surface area (Å²) in [6, 6.07) is 4.93. The van der Waals surface area contributed by atoms with Crippen LogP contribution in [0.1, 0.15) is 26.2 Å². The second-order valence-electron chi connectivity index (χ2n) is 27.7. The molecule has 37 atom stereocenters. The van der Waals surface area contributed by atoms with Gasteiger partial charge in [-0.25, -0.2) is 4.98 Å². The molecule has 0 spiro atoms. The van der Waals surface area contributed by atoms with E-state index in [1.165, 1.54) is 14.0 Å². The summed E-state index contributed by atoms with van der Waals surface area (Å²) in [7, 11) is 4.84. The molecule has 21 fully saturated rings. The molecule has 21 aliphatic rings. The van der Waals surface area contributed by atoms with Gasteiger partial charge in [0.2, 0.25) is 5.91 Å². The molecule has 1 aromatic heterocycles. The van der Waals surface area contributed by atoms with Gasteiger partial charge in [-0.05, 0) is 36.9 Å². The van der Waals surface area contributed by atoms with E-state index < -0.39 is 290 Å². The van der Waals surface area contributed by atoms with E-state index in [9.17, 15) is 121 Å². The zero-order chi connectivity index (χ0) is 83.4. The molecular formula is C66H108N4O40S4. The molecule has 25 N–H and O–H groups in total. The third kappa shape index (κ3) is 25.3. The van der Waals surface area contributed by atoms with Crippen molar-refractivity contribution in [2.45, 2.75) is 252 Å². The van der Waals surface area contributed by atoms with Gasteiger partial charge in [-0.1, -0.05) is 16.9 Å². The smallest absolute Gasteiger partial charge is 0.307 e. The number of ketones is 2. The number of aromatic nitrogens is 1. The van der Waals surface area contributed by atoms with Gasteiger partial charge in [-0.15, -0.1) is 0 Å². The Bertz CT molecular complexity index is 3020. The number of rotatable bonds is 31. The van der Waals surface area contributed by atoms with E-state index in [0.29, 0.717) is 0 Å². The molecule has 0 aromatic carbocycles. The number of nitrogens with two attached hydrogens (primary N) is 2. The fourth-order valence-electron chi connectivity index (χ4n) is 13.2. The van der Waals surface area contributed by atoms with Gasteiger partial charge in [0.05, 0.1) is 83.6 Å². The Balaban J connectivity index is 0.00000136. The number of primary amides is 1. The Kier molecular flexibility index (Phi) is 40.0. The zero-order valence-electron chi connectivity index (χ0n) is 61.7. The molecule has 22 heterocycles. The van der Waals surface area contributed by atoms with Crippen LogP contribution in [0.2, 0.25) is 0 Å². The number of carboxylic acids is 1. The number of aliphatic hydroxyl groups is 19. The first-order valence-corrected chi connectivity index (χ1v) is 41.2. The lowest BCUT2D eigenvalue weighted by Gasteiger charge is -2.50. The number of hydrogen-bond donors (Lipinski definition) is 23. The topological polar surface area (TPSA) is 698 Å². The average Bonchev–Trinajstić information content (AvgIpc) is 0.779. The van der Waals surface area contributed by atoms with Crippen molar-refractivity contribution in [3.8, 4) is 0 Å². The number of nitrogens with zero attached hydrogens (tertiary/aromatic N) is 1. The number of Topliss-reactive ketones (excluding diaryl/α,β-unsaturated/α-hetero) is 2. The van der Waals surface area contributed by atoms with E-state index in [0.717, 1.165) is 40.8 Å². The molecule has 1 aromatic rings. The van der Waals surface area contributed by atoms with Crippen LogP contribution in [-0.2, 0) is 95.0 Å². The van der Waals surface area contributed by atoms with Gasteiger partial charge < -0.3 is 195 Å². The Morgan fingerprint density at radius 2 is 0.772 bits per heavy atom. The summed E-state index contributed by atoms with van der Waals surface area (Å²) in [5, 5.41) is 231. The van der Waals surface area contributed by atoms with E-state index in [2.05, 4.69) is 10.3 Å². The number of hydrogen-bond acceptors (Lipinski definition) is 46. The van der Waals surface area contributed by atoms with Crippen molar-refractivity contribution < 1.29 is 197 Å². The van der Waals surface area contributed by atoms with Crippen molar-refractivity contribution >= 4 is 68.6 Å². The number of likely N-dealkylation sites (N-methyl/N-ethyl adjacent to an activating group) is 1. The number of aliphatic carboxylic acids is 1. The number of aliphatic hydroxyl groups excluding tert-OH is 19. The standard InChI is InChI=1S/C59H98N2O40S2.C7H10N2S2/c1-19(67)3-5-86-7-8-87-6-4-21(68)9-20(52(84)85)15-102-17-28-49-35(74)42(81)58(93-28)98-47-26(13-65)89-55(38(77)31(47)70)97-46-25(12-64)92-57(41(80)34(46)73)101-50-29(18-103-16-22(61-2)51(60)83)94-59(43(82)36(50)75)99-48-27(14-66)90-54(39(78)32(48)71)95-44-23(10-62)88-53(37(76)30(44)69)96-45-24(11-63)91-56(100-49)40(79)33(45)72;8-4-6-10-11-7-3-1-2-5-9-7/h20,22-50,53-59,61-66,69-82H,3-18H2,1-2H3,(H2,60,83)(H,84,85);1-3,5H,4,6,8H2/t20-,22-,23?,24?,25?,26?,27?,28?,29?,30-,31-,32-,33-,34-,35-,36-,37?,38?,39?,40?,41?,42?,43?,44-,45-,46-,47-,48-,49-,50-,53-,54-,55+,56-,57+,58-,59+;/m1./s1. The average molecular weight is 1730 g/mol. The SMILES string of the molecule is CN[C@H](CSCC1O[C@H]2O[C@@H]3C(CO)O[C@H](O[C@@H]4C(CO)O[C@H](O[C@@H]5C(CO)O[C@H](O[C@@H]6C(CSC[C@@H](CC(=O)CCOCCOCCC(C)=O)C(=O)O)O[C@H](O[C@@H]7C(CO)O[C@@H](O[C@@H]8C(CO)O[C@@H](O[C@H]1[C@H](O)C2O)C(O)[C@H]8O)C(O)[C@H]7O)C(O)[C@H]6O)C(O)[C@H]5O)C(O)[C@H]4O)C(O)[C@H]3O)C(N)=O.NCCSSc1ccccn1. The fourth-order valence-corrected chi connectivity index (χ4v) is 17.3. The number of carbonyl (C=O) groups excluding carboxylic acids is 3. The zero-order valence-corrected chi connectivity index (χ0v) is 65.0. The minimum absolute atomic E-state index is 0.0665. The van der Waals surface area contributed by atoms with Gasteiger partial charge in [0.25, 0.3) is 0 Å². The Morgan fingerprint density at radius 1 is 0.456 bits per heavy atom. The highest BCUT2D eigenvalue weighted by atomic mass is 33.1. The van der Waals surface area contributed by atoms with Crippen LogP contribution in [0.4, 0.5) is 0 Å². The molecule has 0 saturated carbocycles. The third-order valence-corrected chi connectivity index (χ3v) is 24.2. The lowest BCUT2D eigenvalue weighted by atomic mass is 9.95. The molecule has 21 saturated heterocycles. The summed E-state index contributed by atoms with van der Waals surface area (Å²) < 4.78 is 93.5. The molecule has 0 radical (unpaired) electrons. The van der Waals surface area contributed by atoms with Gasteiger partial charge in [0.1, 0.15) is 175 Å². The summed E-state index contributed by atoms with van der Waals surface area (Å²) in [5.41, 5.74) is 10.9. The Morgan fingerprint density at radius 3 is 1.05 bits per heavy atom. The normalized spacial score (nSPS) is 41.5. The number of thioether (sulfide) groups is 2. The van der Waals surface area contributed by atoms with Gasteiger partial charge in [0, 0.05) is 60.8 Å². The van der Waals surface area contributed by atoms with Gasteiger partial charge in [0.15, 0.2) is 44.0 Å². The molecule has 14 bridgehead atoms. The molecule has 22 rings (SSSR count). The quantitative estimate of drug-likeness (QED) is 0.0242. The van der Waals surface area contributed by atoms with Crippen LogP contribution in [-0.4, -0.2) is 453 Å². The number of nitrogens with one attached hydrogen (secondary N) is 1. The predicted octanol–water partition coefficient (Wildman–Crippen LogP) is -11.8. The van der Waals surface area contributed by atoms with Crippen molar-refractivity contribution in [2.75, 3.05) is 102 Å². The molecule has 48 heteroatoms. The molecule has 21 aliphatic heterocycles. The highest BCUT2D eigenvalue weighted by Crippen LogP contribution is 2.40. The van der Waals surface area contributed by atoms with Gasteiger partial charge >= 0.3 is 5.97 Å². The number of pyridine rings is 1. The molecular weight excluding hydrogens is 1620 g/mol. The molecule has 1 amide bonds. The fraction of sp³-hybridized carbons (Fsp3) is 0.864. The second-order valence-corrected chi connectivity index (χ2v) is 32.3. The minimum atomic E-state index is -2.31. The van der Waals surface area contributed by atoms with Crippen LogP contribution in [0.15, 0.2) is 29.4 Å². The van der Waals surface area contributed by atoms with E-state index >= 15 is 0 Å². The number of carboxylic acid groups (broad SMARTS) is 1. The summed E-state index contributed by atoms with van der Waals surface area (Å²) in [5.74, 6) is -4.41. The lowest BCUT2D eigenvalue weighted by molar-refractivity contribution is -0.395. The highest BCUT2D eigenvalue weighted by molar-refractivity contribution is 8.76. The second kappa shape index (κ2) is 47.1. The molecule has 656 valence electrons. The third-order valence-electron chi connectivity index (χ3n) is 19.6. The Labute approximate surface area is 668 Å². The minimum Gasteiger partial charge on any atom is -0.481 e.